The van der Waals surface area contributed by atoms with Gasteiger partial charge in [0.15, 0.2) is 0 Å². The van der Waals surface area contributed by atoms with Crippen molar-refractivity contribution in [3.8, 4) is 0 Å². The summed E-state index contributed by atoms with van der Waals surface area (Å²) in [7, 11) is 0. The molecule has 1 saturated heterocycles. The van der Waals surface area contributed by atoms with Crippen molar-refractivity contribution in [1.82, 2.24) is 19.9 Å². The van der Waals surface area contributed by atoms with Crippen molar-refractivity contribution in [3.05, 3.63) is 24.5 Å². The number of piperidine rings is 1. The van der Waals surface area contributed by atoms with Gasteiger partial charge in [-0.15, -0.1) is 5.10 Å². The van der Waals surface area contributed by atoms with E-state index in [4.69, 9.17) is 0 Å². The summed E-state index contributed by atoms with van der Waals surface area (Å²) in [6, 6.07) is 0.401. The lowest BCUT2D eigenvalue weighted by Gasteiger charge is -2.34. The highest BCUT2D eigenvalue weighted by molar-refractivity contribution is 5.79. The van der Waals surface area contributed by atoms with Gasteiger partial charge >= 0.3 is 0 Å². The molecule has 1 fully saturated rings. The second-order valence-electron chi connectivity index (χ2n) is 5.42. The van der Waals surface area contributed by atoms with Gasteiger partial charge in [0.25, 0.3) is 0 Å². The molecule has 0 spiro atoms. The standard InChI is InChI=1S/C14H20N4O/c19-14(12-4-2-1-3-5-12)17-9-6-13(7-10-17)18-11-8-15-16-18/h1-2,8,11-13H,3-7,9-10H2/t12-/m1/s1. The van der Waals surface area contributed by atoms with Crippen LogP contribution in [0.3, 0.4) is 0 Å². The minimum atomic E-state index is 0.216. The van der Waals surface area contributed by atoms with Gasteiger partial charge in [-0.25, -0.2) is 4.68 Å². The summed E-state index contributed by atoms with van der Waals surface area (Å²) in [6.07, 6.45) is 12.9. The SMILES string of the molecule is O=C([C@@H]1CC=CCC1)N1CCC(n2ccnn2)CC1. The fourth-order valence-electron chi connectivity index (χ4n) is 3.04. The zero-order chi connectivity index (χ0) is 13.1. The van der Waals surface area contributed by atoms with E-state index in [9.17, 15) is 4.79 Å². The molecule has 0 aromatic carbocycles. The van der Waals surface area contributed by atoms with Crippen molar-refractivity contribution < 1.29 is 4.79 Å². The van der Waals surface area contributed by atoms with E-state index in [1.54, 1.807) is 6.20 Å². The molecule has 1 aromatic heterocycles. The molecule has 0 bridgehead atoms. The first-order chi connectivity index (χ1) is 9.34. The summed E-state index contributed by atoms with van der Waals surface area (Å²) in [5.74, 6) is 0.564. The number of carbonyl (C=O) groups is 1. The summed E-state index contributed by atoms with van der Waals surface area (Å²) in [4.78, 5) is 14.4. The maximum atomic E-state index is 12.4. The lowest BCUT2D eigenvalue weighted by Crippen LogP contribution is -2.42. The maximum absolute atomic E-state index is 12.4. The molecule has 1 aliphatic heterocycles. The van der Waals surface area contributed by atoms with Gasteiger partial charge in [-0.05, 0) is 32.1 Å². The molecule has 102 valence electrons. The van der Waals surface area contributed by atoms with E-state index in [-0.39, 0.29) is 5.92 Å². The van der Waals surface area contributed by atoms with Crippen LogP contribution in [0.25, 0.3) is 0 Å². The Bertz CT molecular complexity index is 446. The van der Waals surface area contributed by atoms with Crippen molar-refractivity contribution in [3.63, 3.8) is 0 Å². The summed E-state index contributed by atoms with van der Waals surface area (Å²) in [5.41, 5.74) is 0. The Morgan fingerprint density at radius 2 is 2.00 bits per heavy atom. The van der Waals surface area contributed by atoms with Gasteiger partial charge in [0.2, 0.25) is 5.91 Å². The molecule has 0 unspecified atom stereocenters. The molecule has 5 heteroatoms. The van der Waals surface area contributed by atoms with Crippen LogP contribution in [0.4, 0.5) is 0 Å². The third-order valence-corrected chi connectivity index (χ3v) is 4.21. The van der Waals surface area contributed by atoms with Crippen LogP contribution >= 0.6 is 0 Å². The molecule has 1 aliphatic carbocycles. The number of carbonyl (C=O) groups excluding carboxylic acids is 1. The van der Waals surface area contributed by atoms with E-state index < -0.39 is 0 Å². The zero-order valence-corrected chi connectivity index (χ0v) is 11.1. The van der Waals surface area contributed by atoms with Crippen LogP contribution < -0.4 is 0 Å². The summed E-state index contributed by atoms with van der Waals surface area (Å²) in [6.45, 7) is 1.70. The molecular weight excluding hydrogens is 240 g/mol. The van der Waals surface area contributed by atoms with Crippen molar-refractivity contribution in [1.29, 1.82) is 0 Å². The van der Waals surface area contributed by atoms with Crippen molar-refractivity contribution >= 4 is 5.91 Å². The van der Waals surface area contributed by atoms with Gasteiger partial charge in [0.05, 0.1) is 12.2 Å². The highest BCUT2D eigenvalue weighted by atomic mass is 16.2. The van der Waals surface area contributed by atoms with Crippen LogP contribution in [0.5, 0.6) is 0 Å². The highest BCUT2D eigenvalue weighted by Gasteiger charge is 2.28. The molecular formula is C14H20N4O. The van der Waals surface area contributed by atoms with Gasteiger partial charge in [0, 0.05) is 25.2 Å². The third-order valence-electron chi connectivity index (χ3n) is 4.21. The average Bonchev–Trinajstić information content (AvgIpc) is 3.02. The second kappa shape index (κ2) is 5.55. The van der Waals surface area contributed by atoms with Gasteiger partial charge < -0.3 is 4.90 Å². The predicted octanol–water partition coefficient (Wildman–Crippen LogP) is 1.80. The predicted molar refractivity (Wildman–Crippen MR) is 71.4 cm³/mol. The Kier molecular flexibility index (Phi) is 3.62. The molecule has 5 nitrogen and oxygen atoms in total. The molecule has 2 heterocycles. The van der Waals surface area contributed by atoms with E-state index in [0.717, 1.165) is 45.2 Å². The van der Waals surface area contributed by atoms with Gasteiger partial charge in [-0.1, -0.05) is 17.4 Å². The molecule has 1 atom stereocenters. The lowest BCUT2D eigenvalue weighted by molar-refractivity contribution is -0.137. The van der Waals surface area contributed by atoms with E-state index in [1.165, 1.54) is 0 Å². The Morgan fingerprint density at radius 1 is 1.16 bits per heavy atom. The minimum absolute atomic E-state index is 0.216. The van der Waals surface area contributed by atoms with Crippen molar-refractivity contribution in [2.24, 2.45) is 5.92 Å². The van der Waals surface area contributed by atoms with Gasteiger partial charge in [-0.3, -0.25) is 4.79 Å². The van der Waals surface area contributed by atoms with Crippen LogP contribution in [-0.4, -0.2) is 38.9 Å². The Hall–Kier alpha value is -1.65. The van der Waals surface area contributed by atoms with Crippen molar-refractivity contribution in [2.75, 3.05) is 13.1 Å². The normalized spacial score (nSPS) is 24.6. The first-order valence-corrected chi connectivity index (χ1v) is 7.14. The van der Waals surface area contributed by atoms with Crippen LogP contribution in [-0.2, 0) is 4.79 Å². The fourth-order valence-corrected chi connectivity index (χ4v) is 3.04. The number of amides is 1. The number of hydrogen-bond acceptors (Lipinski definition) is 3. The number of likely N-dealkylation sites (tertiary alicyclic amines) is 1. The lowest BCUT2D eigenvalue weighted by atomic mass is 9.92. The quantitative estimate of drug-likeness (QED) is 0.762. The molecule has 0 N–H and O–H groups in total. The third kappa shape index (κ3) is 2.69. The van der Waals surface area contributed by atoms with E-state index >= 15 is 0 Å². The van der Waals surface area contributed by atoms with Crippen LogP contribution in [0.1, 0.15) is 38.1 Å². The van der Waals surface area contributed by atoms with Crippen molar-refractivity contribution in [2.45, 2.75) is 38.1 Å². The smallest absolute Gasteiger partial charge is 0.226 e. The number of allylic oxidation sites excluding steroid dienone is 2. The molecule has 1 aromatic rings. The maximum Gasteiger partial charge on any atom is 0.226 e. The first kappa shape index (κ1) is 12.4. The summed E-state index contributed by atoms with van der Waals surface area (Å²) < 4.78 is 1.92. The molecule has 3 rings (SSSR count). The van der Waals surface area contributed by atoms with E-state index in [2.05, 4.69) is 22.5 Å². The second-order valence-corrected chi connectivity index (χ2v) is 5.42. The highest BCUT2D eigenvalue weighted by Crippen LogP contribution is 2.25. The van der Waals surface area contributed by atoms with E-state index in [0.29, 0.717) is 11.9 Å². The topological polar surface area (TPSA) is 51.0 Å². The molecule has 0 saturated carbocycles. The molecule has 19 heavy (non-hydrogen) atoms. The molecule has 1 amide bonds. The number of aromatic nitrogens is 3. The summed E-state index contributed by atoms with van der Waals surface area (Å²) >= 11 is 0. The first-order valence-electron chi connectivity index (χ1n) is 7.14. The largest absolute Gasteiger partial charge is 0.342 e. The van der Waals surface area contributed by atoms with Gasteiger partial charge in [0.1, 0.15) is 0 Å². The van der Waals surface area contributed by atoms with Crippen LogP contribution in [0.2, 0.25) is 0 Å². The van der Waals surface area contributed by atoms with Crippen LogP contribution in [0.15, 0.2) is 24.5 Å². The Morgan fingerprint density at radius 3 is 2.63 bits per heavy atom. The summed E-state index contributed by atoms with van der Waals surface area (Å²) in [5, 5.41) is 7.90. The monoisotopic (exact) mass is 260 g/mol. The number of hydrogen-bond donors (Lipinski definition) is 0. The zero-order valence-electron chi connectivity index (χ0n) is 11.1. The number of rotatable bonds is 2. The molecule has 2 aliphatic rings. The Balaban J connectivity index is 1.55. The minimum Gasteiger partial charge on any atom is -0.342 e. The number of nitrogens with zero attached hydrogens (tertiary/aromatic N) is 4. The van der Waals surface area contributed by atoms with Gasteiger partial charge in [-0.2, -0.15) is 0 Å². The fraction of sp³-hybridized carbons (Fsp3) is 0.643. The average molecular weight is 260 g/mol. The Labute approximate surface area is 113 Å². The molecule has 0 radical (unpaired) electrons. The van der Waals surface area contributed by atoms with E-state index in [1.807, 2.05) is 15.8 Å². The van der Waals surface area contributed by atoms with Crippen LogP contribution in [0, 0.1) is 5.92 Å².